The van der Waals surface area contributed by atoms with E-state index >= 15 is 0 Å². The second-order valence-corrected chi connectivity index (χ2v) is 20.7. The van der Waals surface area contributed by atoms with Crippen LogP contribution < -0.4 is 15.4 Å². The molecule has 1 aliphatic heterocycles. The Kier molecular flexibility index (Phi) is 40.7. The van der Waals surface area contributed by atoms with Gasteiger partial charge in [-0.15, -0.1) is 0 Å². The molecular formula is C58H108N2O10. The van der Waals surface area contributed by atoms with Crippen LogP contribution in [0.15, 0.2) is 24.3 Å². The van der Waals surface area contributed by atoms with E-state index in [0.29, 0.717) is 24.4 Å². The maximum Gasteiger partial charge on any atom is 0.411 e. The van der Waals surface area contributed by atoms with Gasteiger partial charge in [-0.2, -0.15) is 0 Å². The van der Waals surface area contributed by atoms with Crippen molar-refractivity contribution in [1.82, 2.24) is 5.32 Å². The van der Waals surface area contributed by atoms with Crippen LogP contribution >= 0.6 is 0 Å². The number of hydrogen-bond donors (Lipinski definition) is 7. The third kappa shape index (κ3) is 32.2. The van der Waals surface area contributed by atoms with Crippen molar-refractivity contribution >= 4 is 11.8 Å². The van der Waals surface area contributed by atoms with Gasteiger partial charge in [-0.3, -0.25) is 5.32 Å². The molecule has 0 aliphatic carbocycles. The topological polar surface area (TPSA) is 179 Å². The molecule has 12 heteroatoms. The second kappa shape index (κ2) is 44.5. The summed E-state index contributed by atoms with van der Waals surface area (Å²) < 4.78 is 22.3. The van der Waals surface area contributed by atoms with Crippen LogP contribution in [0.3, 0.4) is 0 Å². The van der Waals surface area contributed by atoms with Crippen LogP contribution in [-0.4, -0.2) is 107 Å². The number of aliphatic hydroxyl groups is 5. The van der Waals surface area contributed by atoms with Crippen molar-refractivity contribution in [2.24, 2.45) is 0 Å². The minimum absolute atomic E-state index is 0.134. The number of carbonyl (C=O) groups is 1. The van der Waals surface area contributed by atoms with Crippen LogP contribution in [0.1, 0.15) is 251 Å². The van der Waals surface area contributed by atoms with E-state index in [9.17, 15) is 30.3 Å². The molecule has 12 nitrogen and oxygen atoms in total. The predicted octanol–water partition coefficient (Wildman–Crippen LogP) is 13.2. The molecule has 1 saturated heterocycles. The first kappa shape index (κ1) is 64.1. The zero-order valence-electron chi connectivity index (χ0n) is 45.0. The van der Waals surface area contributed by atoms with Crippen LogP contribution in [0.2, 0.25) is 0 Å². The highest BCUT2D eigenvalue weighted by molar-refractivity contribution is 5.84. The van der Waals surface area contributed by atoms with Gasteiger partial charge in [-0.05, 0) is 31.5 Å². The first-order chi connectivity index (χ1) is 34.2. The summed E-state index contributed by atoms with van der Waals surface area (Å²) in [7, 11) is 1.52. The molecule has 0 bridgehead atoms. The smallest absolute Gasteiger partial charge is 0.411 e. The fraction of sp³-hybridized carbons (Fsp3) is 0.879. The van der Waals surface area contributed by atoms with Crippen molar-refractivity contribution in [2.75, 3.05) is 32.2 Å². The Morgan fingerprint density at radius 2 is 1.01 bits per heavy atom. The fourth-order valence-corrected chi connectivity index (χ4v) is 9.69. The molecule has 0 unspecified atom stereocenters. The Labute approximate surface area is 427 Å². The lowest BCUT2D eigenvalue weighted by atomic mass is 9.98. The Bertz CT molecular complexity index is 1330. The summed E-state index contributed by atoms with van der Waals surface area (Å²) >= 11 is 0. The number of hydrogen-bond acceptors (Lipinski definition) is 11. The number of amides is 1. The highest BCUT2D eigenvalue weighted by Gasteiger charge is 2.45. The van der Waals surface area contributed by atoms with E-state index in [0.717, 1.165) is 38.5 Å². The van der Waals surface area contributed by atoms with Gasteiger partial charge in [0.2, 0.25) is 0 Å². The quantitative estimate of drug-likeness (QED) is 0.0309. The maximum atomic E-state index is 12.6. The molecule has 0 aromatic heterocycles. The first-order valence-corrected chi connectivity index (χ1v) is 29.2. The minimum atomic E-state index is -1.64. The summed E-state index contributed by atoms with van der Waals surface area (Å²) in [5.74, 6) is 0.548. The van der Waals surface area contributed by atoms with Crippen molar-refractivity contribution in [3.63, 3.8) is 0 Å². The average Bonchev–Trinajstić information content (AvgIpc) is 3.36. The predicted molar refractivity (Wildman–Crippen MR) is 287 cm³/mol. The van der Waals surface area contributed by atoms with Gasteiger partial charge in [0.1, 0.15) is 36.8 Å². The van der Waals surface area contributed by atoms with E-state index in [1.165, 1.54) is 200 Å². The largest absolute Gasteiger partial charge is 0.497 e. The monoisotopic (exact) mass is 993 g/mol. The molecule has 2 rings (SSSR count). The van der Waals surface area contributed by atoms with Crippen LogP contribution in [0.4, 0.5) is 10.5 Å². The van der Waals surface area contributed by atoms with E-state index < -0.39 is 61.7 Å². The average molecular weight is 994 g/mol. The molecule has 1 fully saturated rings. The standard InChI is InChI=1S/C58H108N2O10/c1-4-6-8-10-12-14-16-18-19-20-21-22-23-24-25-26-27-28-29-31-33-35-37-39-44-59-50(53(62)51(61)43-38-36-34-32-30-17-15-13-11-9-7-5-2)46-68-57-56(65)55(64)54(63)52(70-57)47-69-58(66)60-48-41-40-42-49(45-48)67-3/h40-42,45,50-57,59,61-65H,4-39,43-44,46-47H2,1-3H3,(H,60,66)/t50-,51+,52+,53-,54-,55-,56+,57+/m0/s1. The second-order valence-electron chi connectivity index (χ2n) is 20.7. The third-order valence-corrected chi connectivity index (χ3v) is 14.4. The molecule has 1 aliphatic rings. The zero-order valence-corrected chi connectivity index (χ0v) is 45.0. The van der Waals surface area contributed by atoms with E-state index in [2.05, 4.69) is 24.5 Å². The molecule has 1 aromatic carbocycles. The molecule has 7 N–H and O–H groups in total. The van der Waals surface area contributed by atoms with Crippen LogP contribution in [0.25, 0.3) is 0 Å². The van der Waals surface area contributed by atoms with E-state index in [-0.39, 0.29) is 6.61 Å². The number of aliphatic hydroxyl groups excluding tert-OH is 5. The Morgan fingerprint density at radius 3 is 1.46 bits per heavy atom. The Hall–Kier alpha value is -2.03. The van der Waals surface area contributed by atoms with Gasteiger partial charge in [0.15, 0.2) is 6.29 Å². The summed E-state index contributed by atoms with van der Waals surface area (Å²) in [6.07, 6.45) is 36.8. The molecular weight excluding hydrogens is 885 g/mol. The van der Waals surface area contributed by atoms with Gasteiger partial charge >= 0.3 is 6.09 Å². The highest BCUT2D eigenvalue weighted by Crippen LogP contribution is 2.25. The van der Waals surface area contributed by atoms with Crippen molar-refractivity contribution in [3.05, 3.63) is 24.3 Å². The van der Waals surface area contributed by atoms with Crippen LogP contribution in [0, 0.1) is 0 Å². The summed E-state index contributed by atoms with van der Waals surface area (Å²) in [5.41, 5.74) is 0.440. The highest BCUT2D eigenvalue weighted by atomic mass is 16.7. The molecule has 8 atom stereocenters. The number of nitrogens with one attached hydrogen (secondary N) is 2. The molecule has 70 heavy (non-hydrogen) atoms. The van der Waals surface area contributed by atoms with Gasteiger partial charge in [-0.25, -0.2) is 4.79 Å². The Morgan fingerprint density at radius 1 is 0.586 bits per heavy atom. The lowest BCUT2D eigenvalue weighted by molar-refractivity contribution is -0.302. The van der Waals surface area contributed by atoms with Crippen molar-refractivity contribution in [2.45, 2.75) is 300 Å². The normalized spacial score (nSPS) is 19.5. The van der Waals surface area contributed by atoms with Crippen molar-refractivity contribution in [1.29, 1.82) is 0 Å². The third-order valence-electron chi connectivity index (χ3n) is 14.4. The molecule has 1 aromatic rings. The van der Waals surface area contributed by atoms with Gasteiger partial charge in [-0.1, -0.05) is 245 Å². The van der Waals surface area contributed by atoms with Gasteiger partial charge in [0.25, 0.3) is 0 Å². The molecule has 1 heterocycles. The zero-order chi connectivity index (χ0) is 50.7. The SMILES string of the molecule is CCCCCCCCCCCCCCCCCCCCCCCCCCN[C@@H](CO[C@@H]1O[C@H](COC(=O)Nc2cccc(OC)c2)[C@H](O)[C@H](O)[C@H]1O)[C@H](O)[C@H](O)CCCCCCCCCCCCCC. The van der Waals surface area contributed by atoms with E-state index in [4.69, 9.17) is 18.9 Å². The van der Waals surface area contributed by atoms with Gasteiger partial charge < -0.3 is 49.8 Å². The Balaban J connectivity index is 1.70. The molecule has 0 spiro atoms. The summed E-state index contributed by atoms with van der Waals surface area (Å²) in [5, 5.41) is 60.8. The van der Waals surface area contributed by atoms with Crippen LogP contribution in [-0.2, 0) is 14.2 Å². The van der Waals surface area contributed by atoms with Gasteiger partial charge in [0, 0.05) is 11.8 Å². The lowest BCUT2D eigenvalue weighted by Crippen LogP contribution is -2.60. The number of methoxy groups -OCH3 is 1. The van der Waals surface area contributed by atoms with Gasteiger partial charge in [0.05, 0.1) is 32.0 Å². The molecule has 410 valence electrons. The van der Waals surface area contributed by atoms with E-state index in [1.807, 2.05) is 0 Å². The number of rotatable bonds is 48. The summed E-state index contributed by atoms with van der Waals surface area (Å²) in [4.78, 5) is 12.6. The number of unbranched alkanes of at least 4 members (excludes halogenated alkanes) is 34. The molecule has 1 amide bonds. The van der Waals surface area contributed by atoms with Crippen LogP contribution in [0.5, 0.6) is 5.75 Å². The minimum Gasteiger partial charge on any atom is -0.497 e. The lowest BCUT2D eigenvalue weighted by Gasteiger charge is -2.40. The van der Waals surface area contributed by atoms with E-state index in [1.54, 1.807) is 24.3 Å². The molecule has 0 radical (unpaired) electrons. The number of ether oxygens (including phenoxy) is 4. The number of anilines is 1. The number of carbonyl (C=O) groups excluding carboxylic acids is 1. The summed E-state index contributed by atoms with van der Waals surface area (Å²) in [6, 6.07) is 6.05. The van der Waals surface area contributed by atoms with Crippen molar-refractivity contribution < 1.29 is 49.3 Å². The first-order valence-electron chi connectivity index (χ1n) is 29.2. The van der Waals surface area contributed by atoms with Crippen molar-refractivity contribution in [3.8, 4) is 5.75 Å². The molecule has 0 saturated carbocycles. The summed E-state index contributed by atoms with van der Waals surface area (Å²) in [6.45, 7) is 4.59. The fourth-order valence-electron chi connectivity index (χ4n) is 9.69. The maximum absolute atomic E-state index is 12.6. The number of benzene rings is 1.